The molecule has 0 aliphatic heterocycles. The van der Waals surface area contributed by atoms with Gasteiger partial charge in [-0.3, -0.25) is 0 Å². The number of rotatable bonds is 4. The van der Waals surface area contributed by atoms with E-state index in [-0.39, 0.29) is 0 Å². The molecule has 2 unspecified atom stereocenters. The van der Waals surface area contributed by atoms with Gasteiger partial charge >= 0.3 is 0 Å². The fourth-order valence-corrected chi connectivity index (χ4v) is 1.95. The lowest BCUT2D eigenvalue weighted by molar-refractivity contribution is 0.435. The zero-order chi connectivity index (χ0) is 11.7. The van der Waals surface area contributed by atoms with Gasteiger partial charge in [-0.2, -0.15) is 0 Å². The molecule has 0 nitrogen and oxygen atoms in total. The largest absolute Gasteiger partial charge is 0.0683 e. The van der Waals surface area contributed by atoms with Gasteiger partial charge in [-0.05, 0) is 23.8 Å². The summed E-state index contributed by atoms with van der Waals surface area (Å²) in [6, 6.07) is 10.9. The van der Waals surface area contributed by atoms with Crippen LogP contribution in [0.3, 0.4) is 0 Å². The summed E-state index contributed by atoms with van der Waals surface area (Å²) in [6.07, 6.45) is 2.52. The Kier molecular flexibility index (Phi) is 8.08. The molecule has 0 spiro atoms. The molecule has 1 rings (SSSR count). The summed E-state index contributed by atoms with van der Waals surface area (Å²) in [4.78, 5) is 0. The van der Waals surface area contributed by atoms with Crippen LogP contribution in [0, 0.1) is 5.92 Å². The Morgan fingerprint density at radius 3 is 1.87 bits per heavy atom. The summed E-state index contributed by atoms with van der Waals surface area (Å²) < 4.78 is 0. The molecule has 0 heteroatoms. The zero-order valence-electron chi connectivity index (χ0n) is 11.0. The van der Waals surface area contributed by atoms with Crippen LogP contribution in [0.4, 0.5) is 0 Å². The third-order valence-corrected chi connectivity index (χ3v) is 3.00. The van der Waals surface area contributed by atoms with E-state index in [0.717, 1.165) is 11.8 Å². The van der Waals surface area contributed by atoms with E-state index in [0.29, 0.717) is 0 Å². The standard InChI is InChI=1S/C13H20.C2H6/c1-4-11(3)13(5-2)12-9-7-6-8-10-12;1-2/h6-11,13H,4-5H2,1-3H3;1-2H3. The van der Waals surface area contributed by atoms with Crippen molar-refractivity contribution < 1.29 is 0 Å². The van der Waals surface area contributed by atoms with E-state index in [1.807, 2.05) is 13.8 Å². The third-order valence-electron chi connectivity index (χ3n) is 3.00. The predicted octanol–water partition coefficient (Wildman–Crippen LogP) is 5.25. The average Bonchev–Trinajstić information content (AvgIpc) is 2.33. The first kappa shape index (κ1) is 14.2. The molecule has 1 aromatic rings. The number of benzene rings is 1. The normalized spacial score (nSPS) is 13.7. The Hall–Kier alpha value is -0.780. The lowest BCUT2D eigenvalue weighted by atomic mass is 9.84. The molecule has 0 fully saturated rings. The SMILES string of the molecule is CC.CCC(C)C(CC)c1ccccc1. The highest BCUT2D eigenvalue weighted by atomic mass is 14.2. The van der Waals surface area contributed by atoms with Crippen molar-refractivity contribution in [1.82, 2.24) is 0 Å². The van der Waals surface area contributed by atoms with Crippen LogP contribution in [0.2, 0.25) is 0 Å². The van der Waals surface area contributed by atoms with Crippen molar-refractivity contribution in [3.63, 3.8) is 0 Å². The van der Waals surface area contributed by atoms with Crippen LogP contribution in [-0.2, 0) is 0 Å². The second kappa shape index (κ2) is 8.52. The monoisotopic (exact) mass is 206 g/mol. The maximum Gasteiger partial charge on any atom is -0.0139 e. The fraction of sp³-hybridized carbons (Fsp3) is 0.600. The summed E-state index contributed by atoms with van der Waals surface area (Å²) in [5.41, 5.74) is 1.50. The molecule has 2 atom stereocenters. The van der Waals surface area contributed by atoms with Gasteiger partial charge in [-0.1, -0.05) is 71.4 Å². The smallest absolute Gasteiger partial charge is 0.0139 e. The van der Waals surface area contributed by atoms with Crippen LogP contribution in [0.1, 0.15) is 58.9 Å². The first-order chi connectivity index (χ1) is 7.29. The van der Waals surface area contributed by atoms with Crippen molar-refractivity contribution >= 4 is 0 Å². The van der Waals surface area contributed by atoms with E-state index in [4.69, 9.17) is 0 Å². The predicted molar refractivity (Wildman–Crippen MR) is 70.3 cm³/mol. The maximum atomic E-state index is 2.35. The quantitative estimate of drug-likeness (QED) is 0.631. The lowest BCUT2D eigenvalue weighted by Crippen LogP contribution is -2.07. The minimum absolute atomic E-state index is 0.742. The summed E-state index contributed by atoms with van der Waals surface area (Å²) >= 11 is 0. The van der Waals surface area contributed by atoms with Crippen molar-refractivity contribution in [1.29, 1.82) is 0 Å². The molecule has 0 radical (unpaired) electrons. The van der Waals surface area contributed by atoms with Gasteiger partial charge < -0.3 is 0 Å². The van der Waals surface area contributed by atoms with Gasteiger partial charge in [0.25, 0.3) is 0 Å². The number of hydrogen-bond acceptors (Lipinski definition) is 0. The molecular weight excluding hydrogens is 180 g/mol. The maximum absolute atomic E-state index is 2.35. The molecule has 86 valence electrons. The van der Waals surface area contributed by atoms with Crippen molar-refractivity contribution in [3.8, 4) is 0 Å². The highest BCUT2D eigenvalue weighted by molar-refractivity contribution is 5.19. The number of hydrogen-bond donors (Lipinski definition) is 0. The van der Waals surface area contributed by atoms with Gasteiger partial charge in [0.1, 0.15) is 0 Å². The Labute approximate surface area is 95.7 Å². The molecule has 0 bridgehead atoms. The molecule has 0 heterocycles. The Bertz CT molecular complexity index is 225. The van der Waals surface area contributed by atoms with E-state index < -0.39 is 0 Å². The highest BCUT2D eigenvalue weighted by Gasteiger charge is 2.14. The van der Waals surface area contributed by atoms with Crippen LogP contribution in [0.25, 0.3) is 0 Å². The molecule has 0 N–H and O–H groups in total. The summed E-state index contributed by atoms with van der Waals surface area (Å²) in [5, 5.41) is 0. The molecule has 15 heavy (non-hydrogen) atoms. The van der Waals surface area contributed by atoms with Crippen LogP contribution >= 0.6 is 0 Å². The molecule has 0 aliphatic rings. The Morgan fingerprint density at radius 1 is 0.933 bits per heavy atom. The molecular formula is C15H26. The van der Waals surface area contributed by atoms with Gasteiger partial charge in [0.15, 0.2) is 0 Å². The van der Waals surface area contributed by atoms with Gasteiger partial charge in [-0.15, -0.1) is 0 Å². The average molecular weight is 206 g/mol. The van der Waals surface area contributed by atoms with E-state index in [1.165, 1.54) is 18.4 Å². The summed E-state index contributed by atoms with van der Waals surface area (Å²) in [7, 11) is 0. The topological polar surface area (TPSA) is 0 Å². The zero-order valence-corrected chi connectivity index (χ0v) is 11.0. The Balaban J connectivity index is 0.000000921. The molecule has 0 aromatic heterocycles. The molecule has 0 saturated carbocycles. The first-order valence-corrected chi connectivity index (χ1v) is 6.34. The van der Waals surface area contributed by atoms with Crippen LogP contribution in [0.5, 0.6) is 0 Å². The van der Waals surface area contributed by atoms with Crippen molar-refractivity contribution in [2.75, 3.05) is 0 Å². The fourth-order valence-electron chi connectivity index (χ4n) is 1.95. The first-order valence-electron chi connectivity index (χ1n) is 6.34. The summed E-state index contributed by atoms with van der Waals surface area (Å²) in [5.74, 6) is 1.54. The van der Waals surface area contributed by atoms with Crippen molar-refractivity contribution in [3.05, 3.63) is 35.9 Å². The van der Waals surface area contributed by atoms with Crippen LogP contribution < -0.4 is 0 Å². The van der Waals surface area contributed by atoms with Crippen LogP contribution in [0.15, 0.2) is 30.3 Å². The van der Waals surface area contributed by atoms with E-state index in [1.54, 1.807) is 0 Å². The minimum Gasteiger partial charge on any atom is -0.0683 e. The molecule has 1 aromatic carbocycles. The Morgan fingerprint density at radius 2 is 1.47 bits per heavy atom. The minimum atomic E-state index is 0.742. The molecule has 0 saturated heterocycles. The highest BCUT2D eigenvalue weighted by Crippen LogP contribution is 2.29. The molecule has 0 aliphatic carbocycles. The van der Waals surface area contributed by atoms with Crippen molar-refractivity contribution in [2.45, 2.75) is 53.4 Å². The molecule has 0 amide bonds. The second-order valence-electron chi connectivity index (χ2n) is 3.81. The van der Waals surface area contributed by atoms with Gasteiger partial charge in [-0.25, -0.2) is 0 Å². The van der Waals surface area contributed by atoms with Gasteiger partial charge in [0.05, 0.1) is 0 Å². The van der Waals surface area contributed by atoms with E-state index in [2.05, 4.69) is 51.1 Å². The van der Waals surface area contributed by atoms with E-state index >= 15 is 0 Å². The lowest BCUT2D eigenvalue weighted by Gasteiger charge is -2.21. The van der Waals surface area contributed by atoms with Gasteiger partial charge in [0.2, 0.25) is 0 Å². The van der Waals surface area contributed by atoms with Crippen LogP contribution in [-0.4, -0.2) is 0 Å². The van der Waals surface area contributed by atoms with E-state index in [9.17, 15) is 0 Å². The van der Waals surface area contributed by atoms with Gasteiger partial charge in [0, 0.05) is 0 Å². The third kappa shape index (κ3) is 4.51. The summed E-state index contributed by atoms with van der Waals surface area (Å²) in [6.45, 7) is 10.9. The second-order valence-corrected chi connectivity index (χ2v) is 3.81. The van der Waals surface area contributed by atoms with Crippen molar-refractivity contribution in [2.24, 2.45) is 5.92 Å².